The second-order valence-electron chi connectivity index (χ2n) is 12.5. The number of allylic oxidation sites excluding steroid dienone is 1. The zero-order chi connectivity index (χ0) is 27.7. The normalized spacial score (nSPS) is 30.2. The molecule has 7 heteroatoms. The molecule has 3 fully saturated rings. The fourth-order valence-corrected chi connectivity index (χ4v) is 7.71. The molecule has 2 amide bonds. The summed E-state index contributed by atoms with van der Waals surface area (Å²) in [4.78, 5) is 40.1. The van der Waals surface area contributed by atoms with Crippen LogP contribution in [0.25, 0.3) is 0 Å². The first-order valence-corrected chi connectivity index (χ1v) is 13.9. The number of cyclic esters (lactones) is 1. The first-order valence-electron chi connectivity index (χ1n) is 13.9. The summed E-state index contributed by atoms with van der Waals surface area (Å²) in [6.45, 7) is 11.5. The molecule has 2 saturated carbocycles. The van der Waals surface area contributed by atoms with Crippen LogP contribution < -0.4 is 0 Å². The number of carbonyl (C=O) groups is 3. The Balaban J connectivity index is 1.58. The quantitative estimate of drug-likeness (QED) is 0.365. The van der Waals surface area contributed by atoms with Gasteiger partial charge in [-0.25, -0.2) is 9.69 Å². The Bertz CT molecular complexity index is 1050. The fraction of sp³-hybridized carbons (Fsp3) is 0.645. The maximum atomic E-state index is 13.9. The van der Waals surface area contributed by atoms with E-state index in [2.05, 4.69) is 27.4 Å². The van der Waals surface area contributed by atoms with Gasteiger partial charge in [0.1, 0.15) is 6.61 Å². The summed E-state index contributed by atoms with van der Waals surface area (Å²) < 4.78 is 10.1. The molecule has 0 radical (unpaired) electrons. The van der Waals surface area contributed by atoms with Crippen molar-refractivity contribution in [3.63, 3.8) is 0 Å². The lowest BCUT2D eigenvalue weighted by molar-refractivity contribution is -0.150. The Morgan fingerprint density at radius 1 is 1.21 bits per heavy atom. The molecule has 38 heavy (non-hydrogen) atoms. The molecule has 208 valence electrons. The molecule has 0 spiro atoms. The lowest BCUT2D eigenvalue weighted by Crippen LogP contribution is -2.51. The molecule has 1 aromatic rings. The molecule has 1 aliphatic heterocycles. The summed E-state index contributed by atoms with van der Waals surface area (Å²) in [5.41, 5.74) is 2.23. The maximum Gasteiger partial charge on any atom is 0.416 e. The van der Waals surface area contributed by atoms with Gasteiger partial charge in [-0.1, -0.05) is 69.7 Å². The predicted molar refractivity (Wildman–Crippen MR) is 144 cm³/mol. The molecule has 2 aliphatic carbocycles. The molecule has 0 unspecified atom stereocenters. The molecule has 0 aromatic heterocycles. The van der Waals surface area contributed by atoms with Crippen molar-refractivity contribution in [2.75, 3.05) is 13.7 Å². The van der Waals surface area contributed by atoms with E-state index in [1.54, 1.807) is 0 Å². The summed E-state index contributed by atoms with van der Waals surface area (Å²) in [6, 6.07) is 9.08. The minimum atomic E-state index is -1.13. The van der Waals surface area contributed by atoms with Gasteiger partial charge in [0.25, 0.3) is 0 Å². The molecule has 1 N–H and O–H groups in total. The highest BCUT2D eigenvalue weighted by atomic mass is 16.6. The van der Waals surface area contributed by atoms with Gasteiger partial charge in [-0.3, -0.25) is 9.59 Å². The van der Waals surface area contributed by atoms with Gasteiger partial charge >= 0.3 is 12.1 Å². The monoisotopic (exact) mass is 525 g/mol. The van der Waals surface area contributed by atoms with E-state index in [0.717, 1.165) is 41.7 Å². The highest BCUT2D eigenvalue weighted by Crippen LogP contribution is 2.61. The van der Waals surface area contributed by atoms with Gasteiger partial charge in [-0.15, -0.1) is 0 Å². The average molecular weight is 526 g/mol. The molecule has 0 bridgehead atoms. The molecule has 4 rings (SSSR count). The number of esters is 1. The van der Waals surface area contributed by atoms with Gasteiger partial charge in [0.05, 0.1) is 31.6 Å². The van der Waals surface area contributed by atoms with Gasteiger partial charge < -0.3 is 14.6 Å². The summed E-state index contributed by atoms with van der Waals surface area (Å²) in [6.07, 6.45) is 3.91. The summed E-state index contributed by atoms with van der Waals surface area (Å²) in [7, 11) is 1.26. The number of aliphatic hydroxyl groups excluding tert-OH is 1. The third-order valence-corrected chi connectivity index (χ3v) is 9.70. The SMILES string of the molecule is C=C1CC[C@H]2C(C)(C)CCC[C@]2(C)[C@H]1C[C@H](O)[C@@H](CC(=O)OC)C(=O)N1C(=O)OC[C@H]1Cc1ccccc1. The third-order valence-electron chi connectivity index (χ3n) is 9.70. The summed E-state index contributed by atoms with van der Waals surface area (Å²) in [5.74, 6) is -1.78. The van der Waals surface area contributed by atoms with Gasteiger partial charge in [0, 0.05) is 0 Å². The predicted octanol–water partition coefficient (Wildman–Crippen LogP) is 5.31. The zero-order valence-electron chi connectivity index (χ0n) is 23.3. The van der Waals surface area contributed by atoms with Crippen LogP contribution in [0.15, 0.2) is 42.5 Å². The van der Waals surface area contributed by atoms with E-state index in [0.29, 0.717) is 18.8 Å². The van der Waals surface area contributed by atoms with Crippen LogP contribution in [0, 0.1) is 28.6 Å². The molecule has 1 heterocycles. The van der Waals surface area contributed by atoms with E-state index >= 15 is 0 Å². The van der Waals surface area contributed by atoms with Crippen LogP contribution in [0.4, 0.5) is 4.79 Å². The number of benzene rings is 1. The fourth-order valence-electron chi connectivity index (χ4n) is 7.71. The van der Waals surface area contributed by atoms with Gasteiger partial charge in [0.2, 0.25) is 5.91 Å². The number of nitrogens with zero attached hydrogens (tertiary/aromatic N) is 1. The number of hydrogen-bond acceptors (Lipinski definition) is 6. The Kier molecular flexibility index (Phi) is 8.36. The highest BCUT2D eigenvalue weighted by molar-refractivity contribution is 5.96. The van der Waals surface area contributed by atoms with Gasteiger partial charge in [-0.2, -0.15) is 0 Å². The van der Waals surface area contributed by atoms with Crippen LogP contribution in [0.1, 0.15) is 71.3 Å². The van der Waals surface area contributed by atoms with Crippen molar-refractivity contribution in [2.45, 2.75) is 84.3 Å². The van der Waals surface area contributed by atoms with Crippen molar-refractivity contribution >= 4 is 18.0 Å². The number of ether oxygens (including phenoxy) is 2. The Hall–Kier alpha value is -2.67. The van der Waals surface area contributed by atoms with Crippen LogP contribution in [0.5, 0.6) is 0 Å². The standard InChI is InChI=1S/C31H43NO6/c1-20-12-13-26-30(2,3)14-9-15-31(26,4)24(20)18-25(33)23(17-27(34)37-5)28(35)32-22(19-38-29(32)36)16-21-10-7-6-8-11-21/h6-8,10-11,22-26,33H,1,9,12-19H2,2-5H3/t22-,23-,24+,25+,26+,31-/m1/s1. The molecule has 6 atom stereocenters. The number of rotatable bonds is 8. The van der Waals surface area contributed by atoms with E-state index in [1.165, 1.54) is 13.5 Å². The summed E-state index contributed by atoms with van der Waals surface area (Å²) >= 11 is 0. The molecular weight excluding hydrogens is 482 g/mol. The van der Waals surface area contributed by atoms with Crippen LogP contribution >= 0.6 is 0 Å². The lowest BCUT2D eigenvalue weighted by atomic mass is 9.47. The largest absolute Gasteiger partial charge is 0.469 e. The zero-order valence-corrected chi connectivity index (χ0v) is 23.3. The first-order chi connectivity index (χ1) is 18.0. The third kappa shape index (κ3) is 5.54. The second-order valence-corrected chi connectivity index (χ2v) is 12.5. The Morgan fingerprint density at radius 3 is 2.61 bits per heavy atom. The van der Waals surface area contributed by atoms with Crippen molar-refractivity contribution in [3.8, 4) is 0 Å². The highest BCUT2D eigenvalue weighted by Gasteiger charge is 2.54. The molecule has 7 nitrogen and oxygen atoms in total. The van der Waals surface area contributed by atoms with Crippen molar-refractivity contribution in [3.05, 3.63) is 48.0 Å². The van der Waals surface area contributed by atoms with Gasteiger partial charge in [0.15, 0.2) is 0 Å². The van der Waals surface area contributed by atoms with Crippen LogP contribution in [0.3, 0.4) is 0 Å². The number of methoxy groups -OCH3 is 1. The molecular formula is C31H43NO6. The van der Waals surface area contributed by atoms with Crippen LogP contribution in [-0.2, 0) is 25.5 Å². The number of hydrogen-bond donors (Lipinski definition) is 1. The smallest absolute Gasteiger partial charge is 0.416 e. The number of imide groups is 1. The number of aliphatic hydroxyl groups is 1. The van der Waals surface area contributed by atoms with E-state index < -0.39 is 36.0 Å². The molecule has 1 saturated heterocycles. The number of fused-ring (bicyclic) bond motifs is 1. The van der Waals surface area contributed by atoms with Gasteiger partial charge in [-0.05, 0) is 66.8 Å². The van der Waals surface area contributed by atoms with E-state index in [-0.39, 0.29) is 29.8 Å². The average Bonchev–Trinajstić information content (AvgIpc) is 3.23. The minimum absolute atomic E-state index is 0.0226. The number of carbonyl (C=O) groups excluding carboxylic acids is 3. The maximum absolute atomic E-state index is 13.9. The minimum Gasteiger partial charge on any atom is -0.469 e. The van der Waals surface area contributed by atoms with Crippen LogP contribution in [-0.4, -0.2) is 53.8 Å². The van der Waals surface area contributed by atoms with Crippen molar-refractivity contribution in [1.29, 1.82) is 0 Å². The molecule has 3 aliphatic rings. The van der Waals surface area contributed by atoms with Crippen LogP contribution in [0.2, 0.25) is 0 Å². The Labute approximate surface area is 226 Å². The summed E-state index contributed by atoms with van der Waals surface area (Å²) in [5, 5.41) is 11.6. The number of amides is 2. The lowest BCUT2D eigenvalue weighted by Gasteiger charge is -2.58. The van der Waals surface area contributed by atoms with E-state index in [9.17, 15) is 19.5 Å². The van der Waals surface area contributed by atoms with E-state index in [1.807, 2.05) is 30.3 Å². The topological polar surface area (TPSA) is 93.1 Å². The Morgan fingerprint density at radius 2 is 1.92 bits per heavy atom. The second kappa shape index (κ2) is 11.2. The van der Waals surface area contributed by atoms with Crippen molar-refractivity contribution < 1.29 is 29.0 Å². The van der Waals surface area contributed by atoms with Crippen molar-refractivity contribution in [2.24, 2.45) is 28.6 Å². The van der Waals surface area contributed by atoms with Crippen molar-refractivity contribution in [1.82, 2.24) is 4.90 Å². The molecule has 1 aromatic carbocycles. The first kappa shape index (κ1) is 28.3. The van der Waals surface area contributed by atoms with E-state index in [4.69, 9.17) is 9.47 Å².